The molecule has 5 nitrogen and oxygen atoms in total. The molecule has 1 aliphatic heterocycles. The van der Waals surface area contributed by atoms with Gasteiger partial charge in [0.1, 0.15) is 4.90 Å². The van der Waals surface area contributed by atoms with E-state index in [1.54, 1.807) is 0 Å². The van der Waals surface area contributed by atoms with E-state index >= 15 is 0 Å². The zero-order chi connectivity index (χ0) is 16.0. The van der Waals surface area contributed by atoms with E-state index in [-0.39, 0.29) is 19.5 Å². The third kappa shape index (κ3) is 2.51. The van der Waals surface area contributed by atoms with Crippen LogP contribution < -0.4 is 0 Å². The second kappa shape index (κ2) is 4.99. The van der Waals surface area contributed by atoms with Gasteiger partial charge in [-0.05, 0) is 25.5 Å². The van der Waals surface area contributed by atoms with Crippen molar-refractivity contribution in [2.45, 2.75) is 18.2 Å². The fourth-order valence-electron chi connectivity index (χ4n) is 2.15. The standard InChI is InChI=1S/C12H12F3NO4S/c1-12(11(17)18)4-5-16(6-12)21(19,20)8-3-2-7(13)9(14)10(8)15/h2-3H,4-6H2,1H3,(H,17,18). The molecule has 1 saturated heterocycles. The fraction of sp³-hybridized carbons (Fsp3) is 0.417. The molecule has 0 spiro atoms. The van der Waals surface area contributed by atoms with Crippen molar-refractivity contribution in [1.82, 2.24) is 4.31 Å². The quantitative estimate of drug-likeness (QED) is 0.857. The van der Waals surface area contributed by atoms with Crippen LogP contribution >= 0.6 is 0 Å². The van der Waals surface area contributed by atoms with Crippen LogP contribution in [0, 0.1) is 22.9 Å². The van der Waals surface area contributed by atoms with Gasteiger partial charge >= 0.3 is 5.97 Å². The van der Waals surface area contributed by atoms with Crippen LogP contribution in [-0.4, -0.2) is 36.9 Å². The highest BCUT2D eigenvalue weighted by Crippen LogP contribution is 2.34. The predicted molar refractivity (Wildman–Crippen MR) is 65.4 cm³/mol. The summed E-state index contributed by atoms with van der Waals surface area (Å²) >= 11 is 0. The van der Waals surface area contributed by atoms with Crippen molar-refractivity contribution in [3.8, 4) is 0 Å². The lowest BCUT2D eigenvalue weighted by atomic mass is 9.90. The molecule has 1 fully saturated rings. The number of halogens is 3. The molecule has 2 rings (SSSR count). The maximum Gasteiger partial charge on any atom is 0.310 e. The van der Waals surface area contributed by atoms with E-state index in [1.165, 1.54) is 6.92 Å². The molecule has 0 saturated carbocycles. The van der Waals surface area contributed by atoms with Gasteiger partial charge in [-0.1, -0.05) is 0 Å². The van der Waals surface area contributed by atoms with Crippen LogP contribution in [0.2, 0.25) is 0 Å². The summed E-state index contributed by atoms with van der Waals surface area (Å²) in [5.74, 6) is -6.36. The Morgan fingerprint density at radius 1 is 1.29 bits per heavy atom. The van der Waals surface area contributed by atoms with Crippen LogP contribution in [0.4, 0.5) is 13.2 Å². The van der Waals surface area contributed by atoms with Gasteiger partial charge in [-0.15, -0.1) is 0 Å². The van der Waals surface area contributed by atoms with Crippen LogP contribution in [0.3, 0.4) is 0 Å². The Kier molecular flexibility index (Phi) is 3.75. The summed E-state index contributed by atoms with van der Waals surface area (Å²) in [4.78, 5) is 10.1. The lowest BCUT2D eigenvalue weighted by Gasteiger charge is -2.20. The lowest BCUT2D eigenvalue weighted by molar-refractivity contribution is -0.146. The van der Waals surface area contributed by atoms with E-state index in [9.17, 15) is 26.4 Å². The van der Waals surface area contributed by atoms with Crippen LogP contribution in [0.1, 0.15) is 13.3 Å². The molecule has 0 aromatic heterocycles. The first-order chi connectivity index (χ1) is 9.59. The molecule has 9 heteroatoms. The molecule has 1 aromatic carbocycles. The van der Waals surface area contributed by atoms with Gasteiger partial charge in [0.15, 0.2) is 17.5 Å². The maximum atomic E-state index is 13.6. The largest absolute Gasteiger partial charge is 0.481 e. The number of rotatable bonds is 3. The van der Waals surface area contributed by atoms with Crippen LogP contribution in [-0.2, 0) is 14.8 Å². The van der Waals surface area contributed by atoms with Crippen molar-refractivity contribution >= 4 is 16.0 Å². The lowest BCUT2D eigenvalue weighted by Crippen LogP contribution is -2.35. The molecule has 1 aromatic rings. The highest BCUT2D eigenvalue weighted by Gasteiger charge is 2.45. The van der Waals surface area contributed by atoms with E-state index in [4.69, 9.17) is 5.11 Å². The van der Waals surface area contributed by atoms with Crippen molar-refractivity contribution < 1.29 is 31.5 Å². The molecule has 116 valence electrons. The van der Waals surface area contributed by atoms with E-state index in [1.807, 2.05) is 0 Å². The van der Waals surface area contributed by atoms with E-state index in [0.29, 0.717) is 12.1 Å². The number of carboxylic acid groups (broad SMARTS) is 1. The summed E-state index contributed by atoms with van der Waals surface area (Å²) in [5, 5.41) is 9.06. The topological polar surface area (TPSA) is 74.7 Å². The first-order valence-corrected chi connectivity index (χ1v) is 7.41. The number of hydrogen-bond donors (Lipinski definition) is 1. The normalized spacial score (nSPS) is 23.4. The summed E-state index contributed by atoms with van der Waals surface area (Å²) < 4.78 is 64.9. The summed E-state index contributed by atoms with van der Waals surface area (Å²) in [6.45, 7) is 0.874. The van der Waals surface area contributed by atoms with Gasteiger partial charge in [0.2, 0.25) is 10.0 Å². The van der Waals surface area contributed by atoms with Gasteiger partial charge in [-0.25, -0.2) is 21.6 Å². The molecule has 1 heterocycles. The van der Waals surface area contributed by atoms with Crippen LogP contribution in [0.15, 0.2) is 17.0 Å². The second-order valence-electron chi connectivity index (χ2n) is 5.13. The predicted octanol–water partition coefficient (Wildman–Crippen LogP) is 1.59. The number of nitrogens with zero attached hydrogens (tertiary/aromatic N) is 1. The van der Waals surface area contributed by atoms with Crippen molar-refractivity contribution in [2.24, 2.45) is 5.41 Å². The van der Waals surface area contributed by atoms with Gasteiger partial charge in [-0.3, -0.25) is 4.79 Å². The Bertz CT molecular complexity index is 707. The van der Waals surface area contributed by atoms with Gasteiger partial charge in [-0.2, -0.15) is 4.31 Å². The number of benzene rings is 1. The van der Waals surface area contributed by atoms with Crippen molar-refractivity contribution in [2.75, 3.05) is 13.1 Å². The molecule has 1 N–H and O–H groups in total. The van der Waals surface area contributed by atoms with Crippen molar-refractivity contribution in [3.63, 3.8) is 0 Å². The minimum Gasteiger partial charge on any atom is -0.481 e. The summed E-state index contributed by atoms with van der Waals surface area (Å²) in [5.41, 5.74) is -1.29. The highest BCUT2D eigenvalue weighted by molar-refractivity contribution is 7.89. The number of aliphatic carboxylic acids is 1. The molecule has 1 aliphatic rings. The minimum absolute atomic E-state index is 0.0485. The smallest absolute Gasteiger partial charge is 0.310 e. The van der Waals surface area contributed by atoms with Gasteiger partial charge in [0.05, 0.1) is 5.41 Å². The van der Waals surface area contributed by atoms with Crippen LogP contribution in [0.5, 0.6) is 0 Å². The Balaban J connectivity index is 2.41. The molecular weight excluding hydrogens is 311 g/mol. The summed E-state index contributed by atoms with van der Waals surface area (Å²) in [6, 6.07) is 1.14. The molecule has 0 bridgehead atoms. The van der Waals surface area contributed by atoms with E-state index in [2.05, 4.69) is 0 Å². The molecule has 21 heavy (non-hydrogen) atoms. The Morgan fingerprint density at radius 2 is 1.90 bits per heavy atom. The molecular formula is C12H12F3NO4S. The third-order valence-electron chi connectivity index (χ3n) is 3.57. The molecule has 1 unspecified atom stereocenters. The summed E-state index contributed by atoms with van der Waals surface area (Å²) in [7, 11) is -4.42. The average Bonchev–Trinajstić information content (AvgIpc) is 2.80. The number of carbonyl (C=O) groups is 1. The van der Waals surface area contributed by atoms with E-state index in [0.717, 1.165) is 4.31 Å². The van der Waals surface area contributed by atoms with Gasteiger partial charge < -0.3 is 5.11 Å². The highest BCUT2D eigenvalue weighted by atomic mass is 32.2. The Hall–Kier alpha value is -1.61. The summed E-state index contributed by atoms with van der Waals surface area (Å²) in [6.07, 6.45) is 0.0485. The number of hydrogen-bond acceptors (Lipinski definition) is 3. The zero-order valence-corrected chi connectivity index (χ0v) is 11.8. The Morgan fingerprint density at radius 3 is 2.43 bits per heavy atom. The SMILES string of the molecule is CC1(C(=O)O)CCN(S(=O)(=O)c2ccc(F)c(F)c2F)C1. The minimum atomic E-state index is -4.42. The zero-order valence-electron chi connectivity index (χ0n) is 10.9. The van der Waals surface area contributed by atoms with E-state index < -0.39 is 43.8 Å². The Labute approximate surface area is 119 Å². The average molecular weight is 323 g/mol. The van der Waals surface area contributed by atoms with Crippen LogP contribution in [0.25, 0.3) is 0 Å². The van der Waals surface area contributed by atoms with Crippen molar-refractivity contribution in [1.29, 1.82) is 0 Å². The first kappa shape index (κ1) is 15.8. The molecule has 0 radical (unpaired) electrons. The molecule has 0 aliphatic carbocycles. The molecule has 1 atom stereocenters. The number of sulfonamides is 1. The van der Waals surface area contributed by atoms with Crippen molar-refractivity contribution in [3.05, 3.63) is 29.6 Å². The van der Waals surface area contributed by atoms with Gasteiger partial charge in [0, 0.05) is 13.1 Å². The fourth-order valence-corrected chi connectivity index (χ4v) is 3.77. The monoisotopic (exact) mass is 323 g/mol. The third-order valence-corrected chi connectivity index (χ3v) is 5.43. The molecule has 0 amide bonds. The second-order valence-corrected chi connectivity index (χ2v) is 7.03. The first-order valence-electron chi connectivity index (χ1n) is 5.96. The number of carboxylic acids is 1. The maximum absolute atomic E-state index is 13.6. The van der Waals surface area contributed by atoms with Gasteiger partial charge in [0.25, 0.3) is 0 Å².